The zero-order valence-electron chi connectivity index (χ0n) is 10.6. The molecule has 5 nitrogen and oxygen atoms in total. The molecule has 0 fully saturated rings. The van der Waals surface area contributed by atoms with Gasteiger partial charge in [-0.2, -0.15) is 5.10 Å². The van der Waals surface area contributed by atoms with Gasteiger partial charge in [-0.05, 0) is 12.0 Å². The zero-order valence-corrected chi connectivity index (χ0v) is 10.6. The van der Waals surface area contributed by atoms with Gasteiger partial charge in [0.25, 0.3) is 0 Å². The van der Waals surface area contributed by atoms with Gasteiger partial charge < -0.3 is 0 Å². The van der Waals surface area contributed by atoms with Crippen molar-refractivity contribution in [1.29, 1.82) is 0 Å². The highest BCUT2D eigenvalue weighted by Gasteiger charge is 2.12. The van der Waals surface area contributed by atoms with Crippen molar-refractivity contribution >= 4 is 5.52 Å². The van der Waals surface area contributed by atoms with Crippen molar-refractivity contribution in [3.05, 3.63) is 64.1 Å². The van der Waals surface area contributed by atoms with E-state index in [2.05, 4.69) is 15.2 Å². The van der Waals surface area contributed by atoms with Crippen molar-refractivity contribution in [1.82, 2.24) is 19.6 Å². The average molecular weight is 254 g/mol. The van der Waals surface area contributed by atoms with Crippen LogP contribution in [0.2, 0.25) is 0 Å². The summed E-state index contributed by atoms with van der Waals surface area (Å²) >= 11 is 0. The Balaban J connectivity index is 2.16. The molecule has 0 atom stereocenters. The molecule has 0 spiro atoms. The summed E-state index contributed by atoms with van der Waals surface area (Å²) in [4.78, 5) is 16.5. The first-order valence-corrected chi connectivity index (χ1v) is 6.27. The van der Waals surface area contributed by atoms with Crippen LogP contribution in [0.1, 0.15) is 24.0 Å². The molecule has 96 valence electrons. The molecule has 0 unspecified atom stereocenters. The van der Waals surface area contributed by atoms with E-state index in [1.165, 1.54) is 0 Å². The molecule has 0 amide bonds. The average Bonchev–Trinajstić information content (AvgIpc) is 2.79. The monoisotopic (exact) mass is 254 g/mol. The maximum atomic E-state index is 11.9. The minimum Gasteiger partial charge on any atom is -0.246 e. The summed E-state index contributed by atoms with van der Waals surface area (Å²) in [6.45, 7) is 2.02. The van der Waals surface area contributed by atoms with Crippen molar-refractivity contribution in [2.24, 2.45) is 0 Å². The third-order valence-corrected chi connectivity index (χ3v) is 3.15. The number of H-pyrrole nitrogens is 1. The van der Waals surface area contributed by atoms with Crippen LogP contribution in [0.25, 0.3) is 5.52 Å². The second-order valence-electron chi connectivity index (χ2n) is 4.39. The maximum Gasteiger partial charge on any atom is 0.347 e. The topological polar surface area (TPSA) is 63.1 Å². The Morgan fingerprint density at radius 1 is 1.26 bits per heavy atom. The lowest BCUT2D eigenvalue weighted by Crippen LogP contribution is -2.19. The van der Waals surface area contributed by atoms with Gasteiger partial charge in [0.1, 0.15) is 5.82 Å². The Kier molecular flexibility index (Phi) is 2.87. The van der Waals surface area contributed by atoms with E-state index in [-0.39, 0.29) is 5.69 Å². The van der Waals surface area contributed by atoms with E-state index in [0.29, 0.717) is 6.42 Å². The molecule has 0 bridgehead atoms. The van der Waals surface area contributed by atoms with Crippen molar-refractivity contribution in [2.45, 2.75) is 19.8 Å². The number of aromatic amines is 1. The predicted octanol–water partition coefficient (Wildman–Crippen LogP) is 1.57. The number of benzene rings is 1. The summed E-state index contributed by atoms with van der Waals surface area (Å²) in [7, 11) is 0. The zero-order chi connectivity index (χ0) is 13.2. The number of rotatable bonds is 3. The normalized spacial score (nSPS) is 11.0. The molecule has 1 aromatic carbocycles. The highest BCUT2D eigenvalue weighted by atomic mass is 16.1. The van der Waals surface area contributed by atoms with Crippen LogP contribution in [0, 0.1) is 0 Å². The number of imidazole rings is 1. The number of aryl methyl sites for hydroxylation is 1. The van der Waals surface area contributed by atoms with Crippen LogP contribution in [0.5, 0.6) is 0 Å². The first-order valence-electron chi connectivity index (χ1n) is 6.27. The molecule has 0 aliphatic rings. The molecule has 0 aliphatic heterocycles. The van der Waals surface area contributed by atoms with Gasteiger partial charge >= 0.3 is 5.69 Å². The van der Waals surface area contributed by atoms with E-state index in [9.17, 15) is 4.79 Å². The molecule has 3 rings (SSSR count). The second kappa shape index (κ2) is 4.68. The fourth-order valence-corrected chi connectivity index (χ4v) is 2.25. The van der Waals surface area contributed by atoms with Crippen LogP contribution in [0.4, 0.5) is 0 Å². The van der Waals surface area contributed by atoms with Crippen molar-refractivity contribution in [3.8, 4) is 0 Å². The smallest absolute Gasteiger partial charge is 0.246 e. The van der Waals surface area contributed by atoms with Crippen molar-refractivity contribution < 1.29 is 0 Å². The summed E-state index contributed by atoms with van der Waals surface area (Å²) in [6, 6.07) is 10.0. The molecule has 0 saturated carbocycles. The number of aromatic nitrogens is 4. The first kappa shape index (κ1) is 11.6. The summed E-state index contributed by atoms with van der Waals surface area (Å²) in [6.07, 6.45) is 3.07. The van der Waals surface area contributed by atoms with Crippen LogP contribution in [0.3, 0.4) is 0 Å². The van der Waals surface area contributed by atoms with E-state index in [1.807, 2.05) is 37.3 Å². The molecule has 5 heteroatoms. The standard InChI is InChI=1S/C14H14N4O/c1-2-11-12-9-15-17-14(19)18(12)13(16-11)8-10-6-4-3-5-7-10/h3-7,9H,2,8H2,1H3,(H,17,19). The van der Waals surface area contributed by atoms with Crippen LogP contribution in [-0.4, -0.2) is 19.6 Å². The SMILES string of the molecule is CCc1nc(Cc2ccccc2)n2c(=O)[nH]ncc12. The third-order valence-electron chi connectivity index (χ3n) is 3.15. The van der Waals surface area contributed by atoms with Gasteiger partial charge in [-0.1, -0.05) is 37.3 Å². The summed E-state index contributed by atoms with van der Waals surface area (Å²) in [5.41, 5.74) is 2.59. The van der Waals surface area contributed by atoms with E-state index in [4.69, 9.17) is 0 Å². The van der Waals surface area contributed by atoms with Gasteiger partial charge in [-0.3, -0.25) is 0 Å². The van der Waals surface area contributed by atoms with Gasteiger partial charge in [-0.15, -0.1) is 0 Å². The first-order chi connectivity index (χ1) is 9.29. The largest absolute Gasteiger partial charge is 0.347 e. The van der Waals surface area contributed by atoms with Crippen molar-refractivity contribution in [3.63, 3.8) is 0 Å². The van der Waals surface area contributed by atoms with Gasteiger partial charge in [0, 0.05) is 6.42 Å². The molecule has 0 saturated heterocycles. The number of hydrogen-bond donors (Lipinski definition) is 1. The Morgan fingerprint density at radius 2 is 2.05 bits per heavy atom. The van der Waals surface area contributed by atoms with Crippen LogP contribution in [-0.2, 0) is 12.8 Å². The fraction of sp³-hybridized carbons (Fsp3) is 0.214. The Hall–Kier alpha value is -2.43. The second-order valence-corrected chi connectivity index (χ2v) is 4.39. The highest BCUT2D eigenvalue weighted by Crippen LogP contribution is 2.13. The van der Waals surface area contributed by atoms with Crippen molar-refractivity contribution in [2.75, 3.05) is 0 Å². The molecule has 3 aromatic rings. The predicted molar refractivity (Wildman–Crippen MR) is 72.2 cm³/mol. The number of hydrogen-bond acceptors (Lipinski definition) is 3. The number of fused-ring (bicyclic) bond motifs is 1. The Labute approximate surface area is 109 Å². The molecule has 19 heavy (non-hydrogen) atoms. The van der Waals surface area contributed by atoms with Crippen LogP contribution >= 0.6 is 0 Å². The fourth-order valence-electron chi connectivity index (χ4n) is 2.25. The number of nitrogens with one attached hydrogen (secondary N) is 1. The van der Waals surface area contributed by atoms with Crippen LogP contribution in [0.15, 0.2) is 41.3 Å². The summed E-state index contributed by atoms with van der Waals surface area (Å²) < 4.78 is 1.61. The Morgan fingerprint density at radius 3 is 2.79 bits per heavy atom. The maximum absolute atomic E-state index is 11.9. The van der Waals surface area contributed by atoms with Gasteiger partial charge in [0.2, 0.25) is 0 Å². The van der Waals surface area contributed by atoms with E-state index >= 15 is 0 Å². The minimum atomic E-state index is -0.240. The van der Waals surface area contributed by atoms with Gasteiger partial charge in [0.05, 0.1) is 17.4 Å². The minimum absolute atomic E-state index is 0.240. The third kappa shape index (κ3) is 2.03. The van der Waals surface area contributed by atoms with E-state index in [0.717, 1.165) is 29.0 Å². The van der Waals surface area contributed by atoms with Crippen LogP contribution < -0.4 is 5.69 Å². The molecule has 2 aromatic heterocycles. The lowest BCUT2D eigenvalue weighted by Gasteiger charge is -2.00. The summed E-state index contributed by atoms with van der Waals surface area (Å²) in [5, 5.41) is 6.30. The summed E-state index contributed by atoms with van der Waals surface area (Å²) in [5.74, 6) is 0.752. The quantitative estimate of drug-likeness (QED) is 0.771. The lowest BCUT2D eigenvalue weighted by molar-refractivity contribution is 0.840. The van der Waals surface area contributed by atoms with E-state index < -0.39 is 0 Å². The molecule has 0 radical (unpaired) electrons. The van der Waals surface area contributed by atoms with Gasteiger partial charge in [0.15, 0.2) is 0 Å². The highest BCUT2D eigenvalue weighted by molar-refractivity contribution is 5.51. The Bertz CT molecular complexity index is 758. The van der Waals surface area contributed by atoms with E-state index in [1.54, 1.807) is 10.6 Å². The molecule has 0 aliphatic carbocycles. The molecule has 2 heterocycles. The molecule has 1 N–H and O–H groups in total. The van der Waals surface area contributed by atoms with Gasteiger partial charge in [-0.25, -0.2) is 19.3 Å². The number of nitrogens with zero attached hydrogens (tertiary/aromatic N) is 3. The lowest BCUT2D eigenvalue weighted by atomic mass is 10.1. The molecular weight excluding hydrogens is 240 g/mol. The molecular formula is C14H14N4O.